The predicted octanol–water partition coefficient (Wildman–Crippen LogP) is 5.21. The molecule has 9 heteroatoms. The largest absolute Gasteiger partial charge is 0.493 e. The summed E-state index contributed by atoms with van der Waals surface area (Å²) < 4.78 is 23.2. The van der Waals surface area contributed by atoms with Crippen LogP contribution in [0.5, 0.6) is 5.75 Å². The summed E-state index contributed by atoms with van der Waals surface area (Å²) in [6.45, 7) is 10.8. The van der Waals surface area contributed by atoms with E-state index in [9.17, 15) is 0 Å². The summed E-state index contributed by atoms with van der Waals surface area (Å²) in [4.78, 5) is 11.4. The van der Waals surface area contributed by atoms with Crippen LogP contribution in [-0.2, 0) is 0 Å². The van der Waals surface area contributed by atoms with Crippen LogP contribution >= 0.6 is 11.3 Å². The highest BCUT2D eigenvalue weighted by atomic mass is 32.1. The standard InChI is InChI=1S/C25H31FN6OS/c1-14-13-32-22(27-14)19(33-7)10-18(29-32)15-8-17(26)21-20(9-15)34-23(28-21)31(6)16-11-24(2,3)30-25(4,5)12-16/h8-10,13,16,30H,11-12H2,1-7H3. The summed E-state index contributed by atoms with van der Waals surface area (Å²) in [6.07, 6.45) is 3.81. The van der Waals surface area contributed by atoms with E-state index in [1.54, 1.807) is 17.7 Å². The van der Waals surface area contributed by atoms with Gasteiger partial charge in [-0.1, -0.05) is 11.3 Å². The molecule has 1 aliphatic heterocycles. The van der Waals surface area contributed by atoms with Crippen molar-refractivity contribution in [2.24, 2.45) is 0 Å². The van der Waals surface area contributed by atoms with E-state index in [0.717, 1.165) is 28.4 Å². The Labute approximate surface area is 203 Å². The Hall–Kier alpha value is -2.78. The highest BCUT2D eigenvalue weighted by Gasteiger charge is 2.39. The molecule has 0 amide bonds. The summed E-state index contributed by atoms with van der Waals surface area (Å²) in [5.74, 6) is 0.247. The van der Waals surface area contributed by atoms with E-state index >= 15 is 4.39 Å². The van der Waals surface area contributed by atoms with E-state index in [0.29, 0.717) is 34.2 Å². The number of halogens is 1. The Balaban J connectivity index is 1.53. The van der Waals surface area contributed by atoms with Gasteiger partial charge in [0, 0.05) is 35.8 Å². The summed E-state index contributed by atoms with van der Waals surface area (Å²) in [5.41, 5.74) is 3.21. The molecule has 0 aliphatic carbocycles. The van der Waals surface area contributed by atoms with E-state index in [1.165, 1.54) is 17.4 Å². The number of hydrogen-bond donors (Lipinski definition) is 1. The van der Waals surface area contributed by atoms with Gasteiger partial charge in [-0.15, -0.1) is 0 Å². The normalized spacial score (nSPS) is 18.0. The first-order chi connectivity index (χ1) is 15.9. The molecule has 1 aliphatic rings. The lowest BCUT2D eigenvalue weighted by atomic mass is 9.79. The van der Waals surface area contributed by atoms with Gasteiger partial charge in [-0.3, -0.25) is 0 Å². The molecule has 4 aromatic rings. The molecule has 1 saturated heterocycles. The number of nitrogens with zero attached hydrogens (tertiary/aromatic N) is 5. The van der Waals surface area contributed by atoms with Crippen molar-refractivity contribution in [1.29, 1.82) is 0 Å². The Kier molecular flexibility index (Phi) is 5.33. The second kappa shape index (κ2) is 7.88. The Bertz CT molecular complexity index is 1380. The van der Waals surface area contributed by atoms with Crippen LogP contribution in [0.3, 0.4) is 0 Å². The van der Waals surface area contributed by atoms with Crippen LogP contribution in [0.2, 0.25) is 0 Å². The molecule has 7 nitrogen and oxygen atoms in total. The number of thiazole rings is 1. The van der Waals surface area contributed by atoms with Crippen molar-refractivity contribution in [1.82, 2.24) is 24.9 Å². The zero-order chi connectivity index (χ0) is 24.4. The van der Waals surface area contributed by atoms with Gasteiger partial charge in [-0.05, 0) is 59.6 Å². The number of benzene rings is 1. The number of imidazole rings is 1. The molecule has 0 saturated carbocycles. The Morgan fingerprint density at radius 1 is 1.15 bits per heavy atom. The van der Waals surface area contributed by atoms with Gasteiger partial charge in [-0.2, -0.15) is 5.10 Å². The lowest BCUT2D eigenvalue weighted by Crippen LogP contribution is -2.61. The number of nitrogens with one attached hydrogen (secondary N) is 1. The molecule has 180 valence electrons. The van der Waals surface area contributed by atoms with E-state index in [2.05, 4.69) is 55.0 Å². The minimum absolute atomic E-state index is 0.0187. The molecule has 0 radical (unpaired) electrons. The summed E-state index contributed by atoms with van der Waals surface area (Å²) in [7, 11) is 3.67. The topological polar surface area (TPSA) is 67.6 Å². The van der Waals surface area contributed by atoms with Gasteiger partial charge in [0.05, 0.1) is 29.4 Å². The highest BCUT2D eigenvalue weighted by molar-refractivity contribution is 7.22. The quantitative estimate of drug-likeness (QED) is 0.431. The molecule has 34 heavy (non-hydrogen) atoms. The molecule has 5 rings (SSSR count). The summed E-state index contributed by atoms with van der Waals surface area (Å²) in [5, 5.41) is 9.20. The van der Waals surface area contributed by atoms with Crippen molar-refractivity contribution in [2.45, 2.75) is 64.6 Å². The first-order valence-corrected chi connectivity index (χ1v) is 12.3. The third kappa shape index (κ3) is 4.11. The van der Waals surface area contributed by atoms with Gasteiger partial charge >= 0.3 is 0 Å². The average Bonchev–Trinajstić information content (AvgIpc) is 3.33. The third-order valence-electron chi connectivity index (χ3n) is 6.48. The maximum Gasteiger partial charge on any atom is 0.196 e. The van der Waals surface area contributed by atoms with Crippen molar-refractivity contribution >= 4 is 32.3 Å². The minimum Gasteiger partial charge on any atom is -0.493 e. The molecule has 4 heterocycles. The number of aromatic nitrogens is 4. The molecule has 0 atom stereocenters. The second-order valence-corrected chi connectivity index (χ2v) is 11.6. The van der Waals surface area contributed by atoms with Gasteiger partial charge in [0.15, 0.2) is 22.3 Å². The van der Waals surface area contributed by atoms with Crippen LogP contribution in [0.4, 0.5) is 9.52 Å². The van der Waals surface area contributed by atoms with Gasteiger partial charge in [0.1, 0.15) is 5.52 Å². The third-order valence-corrected chi connectivity index (χ3v) is 7.58. The van der Waals surface area contributed by atoms with Gasteiger partial charge < -0.3 is 15.0 Å². The van der Waals surface area contributed by atoms with E-state index in [-0.39, 0.29) is 16.9 Å². The first kappa shape index (κ1) is 23.0. The molecular weight excluding hydrogens is 451 g/mol. The number of fused-ring (bicyclic) bond motifs is 2. The zero-order valence-electron chi connectivity index (χ0n) is 20.7. The predicted molar refractivity (Wildman–Crippen MR) is 136 cm³/mol. The average molecular weight is 483 g/mol. The monoisotopic (exact) mass is 482 g/mol. The molecule has 0 spiro atoms. The molecule has 1 N–H and O–H groups in total. The maximum absolute atomic E-state index is 15.2. The SMILES string of the molecule is COc1cc(-c2cc(F)c3nc(N(C)C4CC(C)(C)NC(C)(C)C4)sc3c2)nn2cc(C)nc12. The number of aryl methyl sites for hydroxylation is 1. The molecular formula is C25H31FN6OS. The summed E-state index contributed by atoms with van der Waals surface area (Å²) >= 11 is 1.52. The highest BCUT2D eigenvalue weighted by Crippen LogP contribution is 2.38. The van der Waals surface area contributed by atoms with Gasteiger partial charge in [0.2, 0.25) is 0 Å². The van der Waals surface area contributed by atoms with Crippen LogP contribution in [0.15, 0.2) is 24.4 Å². The van der Waals surface area contributed by atoms with Crippen LogP contribution < -0.4 is 15.0 Å². The summed E-state index contributed by atoms with van der Waals surface area (Å²) in [6, 6.07) is 5.57. The lowest BCUT2D eigenvalue weighted by Gasteiger charge is -2.48. The van der Waals surface area contributed by atoms with E-state index in [1.807, 2.05) is 19.2 Å². The first-order valence-electron chi connectivity index (χ1n) is 11.5. The number of piperidine rings is 1. The van der Waals surface area contributed by atoms with Crippen LogP contribution in [0.25, 0.3) is 27.1 Å². The molecule has 3 aromatic heterocycles. The van der Waals surface area contributed by atoms with Gasteiger partial charge in [-0.25, -0.2) is 18.9 Å². The number of rotatable bonds is 4. The Morgan fingerprint density at radius 3 is 2.53 bits per heavy atom. The lowest BCUT2D eigenvalue weighted by molar-refractivity contribution is 0.161. The van der Waals surface area contributed by atoms with E-state index in [4.69, 9.17) is 9.72 Å². The number of anilines is 1. The smallest absolute Gasteiger partial charge is 0.196 e. The number of hydrogen-bond acceptors (Lipinski definition) is 7. The fraction of sp³-hybridized carbons (Fsp3) is 0.480. The number of ether oxygens (including phenoxy) is 1. The van der Waals surface area contributed by atoms with Crippen LogP contribution in [0, 0.1) is 12.7 Å². The zero-order valence-corrected chi connectivity index (χ0v) is 21.5. The molecule has 0 unspecified atom stereocenters. The molecule has 1 fully saturated rings. The molecule has 1 aromatic carbocycles. The second-order valence-electron chi connectivity index (χ2n) is 10.6. The van der Waals surface area contributed by atoms with Crippen LogP contribution in [-0.4, -0.2) is 50.9 Å². The van der Waals surface area contributed by atoms with Gasteiger partial charge in [0.25, 0.3) is 0 Å². The van der Waals surface area contributed by atoms with Crippen molar-refractivity contribution in [3.8, 4) is 17.0 Å². The van der Waals surface area contributed by atoms with Crippen molar-refractivity contribution in [2.75, 3.05) is 19.1 Å². The Morgan fingerprint density at radius 2 is 1.85 bits per heavy atom. The molecule has 0 bridgehead atoms. The number of methoxy groups -OCH3 is 1. The fourth-order valence-corrected chi connectivity index (χ4v) is 6.38. The van der Waals surface area contributed by atoms with E-state index < -0.39 is 0 Å². The maximum atomic E-state index is 15.2. The van der Waals surface area contributed by atoms with Crippen molar-refractivity contribution < 1.29 is 9.13 Å². The van der Waals surface area contributed by atoms with Crippen molar-refractivity contribution in [3.05, 3.63) is 35.9 Å². The minimum atomic E-state index is -0.350. The fourth-order valence-electron chi connectivity index (χ4n) is 5.33. The van der Waals surface area contributed by atoms with Crippen LogP contribution in [0.1, 0.15) is 46.2 Å². The van der Waals surface area contributed by atoms with Crippen molar-refractivity contribution in [3.63, 3.8) is 0 Å².